The van der Waals surface area contributed by atoms with Crippen molar-refractivity contribution in [1.82, 2.24) is 4.98 Å². The monoisotopic (exact) mass is 383 g/mol. The van der Waals surface area contributed by atoms with Crippen molar-refractivity contribution in [3.8, 4) is 0 Å². The van der Waals surface area contributed by atoms with Crippen LogP contribution in [0.4, 0.5) is 0 Å². The van der Waals surface area contributed by atoms with Crippen LogP contribution in [0.15, 0.2) is 64.5 Å². The van der Waals surface area contributed by atoms with Gasteiger partial charge in [0.05, 0.1) is 10.6 Å². The highest BCUT2D eigenvalue weighted by atomic mass is 32.2. The lowest BCUT2D eigenvalue weighted by atomic mass is 9.70. The number of thioether (sulfide) groups is 1. The molecule has 0 amide bonds. The largest absolute Gasteiger partial charge is 0.255 e. The first-order valence-electron chi connectivity index (χ1n) is 8.67. The zero-order chi connectivity index (χ0) is 18.4. The zero-order valence-corrected chi connectivity index (χ0v) is 16.5. The van der Waals surface area contributed by atoms with Gasteiger partial charge in [-0.1, -0.05) is 30.7 Å². The number of allylic oxidation sites excluding steroid dienone is 4. The molecule has 3 nitrogen and oxygen atoms in total. The molecule has 2 aromatic rings. The molecule has 1 heterocycles. The Kier molecular flexibility index (Phi) is 4.32. The molecule has 0 atom stereocenters. The minimum absolute atomic E-state index is 0.153. The topological polar surface area (TPSA) is 47.0 Å². The molecule has 2 aliphatic rings. The summed E-state index contributed by atoms with van der Waals surface area (Å²) in [6.07, 6.45) is 13.5. The van der Waals surface area contributed by atoms with Crippen LogP contribution in [0.2, 0.25) is 0 Å². The third-order valence-electron chi connectivity index (χ3n) is 5.28. The molecule has 2 aliphatic carbocycles. The summed E-state index contributed by atoms with van der Waals surface area (Å²) in [4.78, 5) is 6.16. The van der Waals surface area contributed by atoms with Gasteiger partial charge in [0, 0.05) is 28.3 Å². The fourth-order valence-corrected chi connectivity index (χ4v) is 4.63. The second kappa shape index (κ2) is 6.39. The van der Waals surface area contributed by atoms with E-state index in [1.807, 2.05) is 24.6 Å². The van der Waals surface area contributed by atoms with E-state index in [1.165, 1.54) is 25.5 Å². The predicted molar refractivity (Wildman–Crippen MR) is 108 cm³/mol. The maximum atomic E-state index is 11.7. The Morgan fingerprint density at radius 1 is 1.00 bits per heavy atom. The Labute approximate surface area is 159 Å². The summed E-state index contributed by atoms with van der Waals surface area (Å²) in [7, 11) is -3.18. The Morgan fingerprint density at radius 3 is 2.19 bits per heavy atom. The number of benzene rings is 1. The van der Waals surface area contributed by atoms with E-state index in [1.54, 1.807) is 23.9 Å². The number of pyridine rings is 1. The van der Waals surface area contributed by atoms with Gasteiger partial charge in [-0.25, -0.2) is 8.42 Å². The normalized spacial score (nSPS) is 18.4. The molecule has 1 spiro atoms. The van der Waals surface area contributed by atoms with E-state index in [9.17, 15) is 8.42 Å². The summed E-state index contributed by atoms with van der Waals surface area (Å²) in [5.74, 6) is 0. The molecule has 0 bridgehead atoms. The van der Waals surface area contributed by atoms with E-state index in [2.05, 4.69) is 29.3 Å². The minimum atomic E-state index is -3.18. The molecule has 1 aromatic heterocycles. The third-order valence-corrected chi connectivity index (χ3v) is 7.12. The number of hydrogen-bond acceptors (Lipinski definition) is 4. The first kappa shape index (κ1) is 17.6. The van der Waals surface area contributed by atoms with E-state index in [-0.39, 0.29) is 5.41 Å². The molecule has 0 N–H and O–H groups in total. The van der Waals surface area contributed by atoms with Crippen molar-refractivity contribution < 1.29 is 8.42 Å². The summed E-state index contributed by atoms with van der Waals surface area (Å²) in [5.41, 5.74) is 4.49. The molecule has 0 aliphatic heterocycles. The standard InChI is InChI=1S/C21H21NO2S2/c1-25-16-6-9-20(22-14-16)19-13-21(10-3-11-21)12-18(19)15-4-7-17(8-5-15)26(2,23)24/h4-9,12-14H,3,10-11H2,1-2H3. The van der Waals surface area contributed by atoms with Gasteiger partial charge >= 0.3 is 0 Å². The van der Waals surface area contributed by atoms with Crippen molar-refractivity contribution in [2.24, 2.45) is 5.41 Å². The lowest BCUT2D eigenvalue weighted by molar-refractivity contribution is 0.282. The molecule has 5 heteroatoms. The first-order chi connectivity index (χ1) is 12.4. The van der Waals surface area contributed by atoms with Crippen LogP contribution >= 0.6 is 11.8 Å². The molecule has 0 unspecified atom stereocenters. The highest BCUT2D eigenvalue weighted by Gasteiger charge is 2.38. The molecule has 1 saturated carbocycles. The fourth-order valence-electron chi connectivity index (χ4n) is 3.64. The van der Waals surface area contributed by atoms with Gasteiger partial charge in [0.25, 0.3) is 0 Å². The minimum Gasteiger partial charge on any atom is -0.255 e. The molecular weight excluding hydrogens is 362 g/mol. The van der Waals surface area contributed by atoms with Gasteiger partial charge in [-0.05, 0) is 54.5 Å². The molecule has 26 heavy (non-hydrogen) atoms. The summed E-state index contributed by atoms with van der Waals surface area (Å²) in [5, 5.41) is 0. The van der Waals surface area contributed by atoms with Gasteiger partial charge < -0.3 is 0 Å². The predicted octanol–water partition coefficient (Wildman–Crippen LogP) is 4.86. The maximum absolute atomic E-state index is 11.7. The van der Waals surface area contributed by atoms with Crippen molar-refractivity contribution >= 4 is 32.7 Å². The van der Waals surface area contributed by atoms with Crippen molar-refractivity contribution in [3.05, 3.63) is 66.0 Å². The van der Waals surface area contributed by atoms with Gasteiger partial charge in [-0.2, -0.15) is 0 Å². The molecule has 1 fully saturated rings. The van der Waals surface area contributed by atoms with Crippen LogP contribution in [0.3, 0.4) is 0 Å². The van der Waals surface area contributed by atoms with Gasteiger partial charge in [-0.15, -0.1) is 11.8 Å². The van der Waals surface area contributed by atoms with Crippen LogP contribution in [0.25, 0.3) is 11.1 Å². The van der Waals surface area contributed by atoms with E-state index in [0.717, 1.165) is 27.3 Å². The lowest BCUT2D eigenvalue weighted by Crippen LogP contribution is -2.22. The molecule has 0 saturated heterocycles. The number of hydrogen-bond donors (Lipinski definition) is 0. The summed E-state index contributed by atoms with van der Waals surface area (Å²) < 4.78 is 23.5. The van der Waals surface area contributed by atoms with Crippen LogP contribution in [0.5, 0.6) is 0 Å². The van der Waals surface area contributed by atoms with Crippen molar-refractivity contribution in [2.75, 3.05) is 12.5 Å². The van der Waals surface area contributed by atoms with E-state index in [4.69, 9.17) is 0 Å². The van der Waals surface area contributed by atoms with Crippen LogP contribution in [0.1, 0.15) is 30.5 Å². The van der Waals surface area contributed by atoms with E-state index < -0.39 is 9.84 Å². The number of nitrogens with zero attached hydrogens (tertiary/aromatic N) is 1. The molecule has 134 valence electrons. The number of sulfone groups is 1. The molecule has 1 aromatic carbocycles. The lowest BCUT2D eigenvalue weighted by Gasteiger charge is -2.34. The van der Waals surface area contributed by atoms with Crippen molar-refractivity contribution in [2.45, 2.75) is 29.1 Å². The second-order valence-electron chi connectivity index (χ2n) is 7.08. The Balaban J connectivity index is 1.75. The first-order valence-corrected chi connectivity index (χ1v) is 11.8. The maximum Gasteiger partial charge on any atom is 0.175 e. The summed E-state index contributed by atoms with van der Waals surface area (Å²) >= 11 is 1.68. The third kappa shape index (κ3) is 3.14. The zero-order valence-electron chi connectivity index (χ0n) is 14.9. The smallest absolute Gasteiger partial charge is 0.175 e. The average molecular weight is 384 g/mol. The molecule has 4 rings (SSSR count). The van der Waals surface area contributed by atoms with Gasteiger partial charge in [0.2, 0.25) is 0 Å². The van der Waals surface area contributed by atoms with Crippen LogP contribution in [-0.2, 0) is 9.84 Å². The summed E-state index contributed by atoms with van der Waals surface area (Å²) in [6, 6.07) is 11.4. The Hall–Kier alpha value is -1.85. The van der Waals surface area contributed by atoms with Gasteiger partial charge in [0.1, 0.15) is 0 Å². The quantitative estimate of drug-likeness (QED) is 0.708. The molecular formula is C21H21NO2S2. The van der Waals surface area contributed by atoms with Crippen molar-refractivity contribution in [3.63, 3.8) is 0 Å². The van der Waals surface area contributed by atoms with Gasteiger partial charge in [-0.3, -0.25) is 4.98 Å². The fraction of sp³-hybridized carbons (Fsp3) is 0.286. The highest BCUT2D eigenvalue weighted by Crippen LogP contribution is 2.53. The Bertz CT molecular complexity index is 997. The summed E-state index contributed by atoms with van der Waals surface area (Å²) in [6.45, 7) is 0. The molecule has 0 radical (unpaired) electrons. The average Bonchev–Trinajstić information content (AvgIpc) is 3.03. The SMILES string of the molecule is CSc1ccc(C2=CC3(C=C2c2ccc(S(C)(=O)=O)cc2)CCC3)nc1. The Morgan fingerprint density at radius 2 is 1.69 bits per heavy atom. The second-order valence-corrected chi connectivity index (χ2v) is 9.98. The number of rotatable bonds is 4. The number of aromatic nitrogens is 1. The van der Waals surface area contributed by atoms with Crippen molar-refractivity contribution in [1.29, 1.82) is 0 Å². The van der Waals surface area contributed by atoms with Gasteiger partial charge in [0.15, 0.2) is 9.84 Å². The van der Waals surface area contributed by atoms with Crippen LogP contribution in [-0.4, -0.2) is 25.9 Å². The van der Waals surface area contributed by atoms with Crippen LogP contribution < -0.4 is 0 Å². The van der Waals surface area contributed by atoms with Crippen LogP contribution in [0, 0.1) is 5.41 Å². The van der Waals surface area contributed by atoms with E-state index in [0.29, 0.717) is 4.90 Å². The van der Waals surface area contributed by atoms with E-state index >= 15 is 0 Å². The highest BCUT2D eigenvalue weighted by molar-refractivity contribution is 7.98.